The zero-order chi connectivity index (χ0) is 19.5. The molecule has 0 atom stereocenters. The number of anilines is 1. The minimum atomic E-state index is -0.289. The molecule has 0 aliphatic rings. The molecule has 140 valence electrons. The Kier molecular flexibility index (Phi) is 5.27. The summed E-state index contributed by atoms with van der Waals surface area (Å²) in [5, 5.41) is 6.17. The molecule has 0 bridgehead atoms. The molecular formula is C21H16FN3OS2. The van der Waals surface area contributed by atoms with Gasteiger partial charge in [-0.2, -0.15) is 0 Å². The van der Waals surface area contributed by atoms with Gasteiger partial charge in [0, 0.05) is 21.4 Å². The number of hydrogen-bond acceptors (Lipinski definition) is 5. The Balaban J connectivity index is 1.44. The van der Waals surface area contributed by atoms with Crippen molar-refractivity contribution < 1.29 is 9.18 Å². The molecule has 1 amide bonds. The van der Waals surface area contributed by atoms with Gasteiger partial charge in [0.1, 0.15) is 10.8 Å². The van der Waals surface area contributed by atoms with Crippen LogP contribution >= 0.6 is 22.7 Å². The predicted octanol–water partition coefficient (Wildman–Crippen LogP) is 5.56. The maximum atomic E-state index is 13.1. The Morgan fingerprint density at radius 2 is 1.79 bits per heavy atom. The first-order valence-electron chi connectivity index (χ1n) is 8.61. The minimum absolute atomic E-state index is 0.163. The fourth-order valence-corrected chi connectivity index (χ4v) is 4.43. The summed E-state index contributed by atoms with van der Waals surface area (Å²) in [7, 11) is 0. The van der Waals surface area contributed by atoms with E-state index in [2.05, 4.69) is 15.3 Å². The summed E-state index contributed by atoms with van der Waals surface area (Å²) >= 11 is 2.92. The molecule has 1 N–H and O–H groups in total. The maximum absolute atomic E-state index is 13.1. The van der Waals surface area contributed by atoms with E-state index in [9.17, 15) is 9.18 Å². The Bertz CT molecular complexity index is 1100. The molecule has 0 radical (unpaired) electrons. The van der Waals surface area contributed by atoms with E-state index in [-0.39, 0.29) is 18.1 Å². The Labute approximate surface area is 169 Å². The number of thiazole rings is 2. The number of carbonyl (C=O) groups excluding carboxylic acids is 1. The van der Waals surface area contributed by atoms with Crippen molar-refractivity contribution in [1.29, 1.82) is 0 Å². The van der Waals surface area contributed by atoms with Gasteiger partial charge in [-0.05, 0) is 31.2 Å². The molecule has 0 aliphatic heterocycles. The second kappa shape index (κ2) is 8.00. The van der Waals surface area contributed by atoms with Gasteiger partial charge in [0.25, 0.3) is 0 Å². The maximum Gasteiger partial charge on any atom is 0.232 e. The fraction of sp³-hybridized carbons (Fsp3) is 0.0952. The first-order valence-corrected chi connectivity index (χ1v) is 10.3. The normalized spacial score (nSPS) is 10.8. The molecular weight excluding hydrogens is 393 g/mol. The fourth-order valence-electron chi connectivity index (χ4n) is 2.75. The molecule has 0 fully saturated rings. The van der Waals surface area contributed by atoms with E-state index in [1.54, 1.807) is 12.1 Å². The molecule has 4 rings (SSSR count). The largest absolute Gasteiger partial charge is 0.302 e. The lowest BCUT2D eigenvalue weighted by atomic mass is 10.1. The first kappa shape index (κ1) is 18.5. The number of halogens is 1. The lowest BCUT2D eigenvalue weighted by molar-refractivity contribution is -0.115. The van der Waals surface area contributed by atoms with E-state index in [1.165, 1.54) is 34.8 Å². The third-order valence-electron chi connectivity index (χ3n) is 4.07. The second-order valence-corrected chi connectivity index (χ2v) is 8.23. The Morgan fingerprint density at radius 3 is 2.54 bits per heavy atom. The number of amides is 1. The van der Waals surface area contributed by atoms with Crippen LogP contribution in [0.15, 0.2) is 60.0 Å². The molecule has 2 aromatic heterocycles. The van der Waals surface area contributed by atoms with Crippen LogP contribution in [0.1, 0.15) is 10.6 Å². The van der Waals surface area contributed by atoms with Gasteiger partial charge in [-0.3, -0.25) is 4.79 Å². The number of aromatic nitrogens is 2. The summed E-state index contributed by atoms with van der Waals surface area (Å²) in [6.45, 7) is 1.93. The van der Waals surface area contributed by atoms with Crippen LogP contribution in [0.3, 0.4) is 0 Å². The number of carbonyl (C=O) groups is 1. The minimum Gasteiger partial charge on any atom is -0.302 e. The van der Waals surface area contributed by atoms with Crippen LogP contribution in [0.2, 0.25) is 0 Å². The molecule has 0 unspecified atom stereocenters. The van der Waals surface area contributed by atoms with E-state index in [0.717, 1.165) is 32.4 Å². The van der Waals surface area contributed by atoms with Gasteiger partial charge in [0.15, 0.2) is 5.13 Å². The standard InChI is InChI=1S/C21H16FN3OS2/c1-13-19(14-7-9-16(22)10-8-14)25-21(28-13)24-18(26)11-17-12-27-20(23-17)15-5-3-2-4-6-15/h2-10,12H,11H2,1H3,(H,24,25,26). The Morgan fingerprint density at radius 1 is 1.04 bits per heavy atom. The summed E-state index contributed by atoms with van der Waals surface area (Å²) in [6.07, 6.45) is 0.188. The monoisotopic (exact) mass is 409 g/mol. The lowest BCUT2D eigenvalue weighted by Gasteiger charge is -2.00. The molecule has 7 heteroatoms. The Hall–Kier alpha value is -2.90. The predicted molar refractivity (Wildman–Crippen MR) is 112 cm³/mol. The summed E-state index contributed by atoms with van der Waals surface area (Å²) in [4.78, 5) is 22.4. The second-order valence-electron chi connectivity index (χ2n) is 6.17. The van der Waals surface area contributed by atoms with Gasteiger partial charge < -0.3 is 5.32 Å². The van der Waals surface area contributed by atoms with Crippen molar-refractivity contribution in [3.63, 3.8) is 0 Å². The van der Waals surface area contributed by atoms with E-state index in [1.807, 2.05) is 42.6 Å². The van der Waals surface area contributed by atoms with Crippen molar-refractivity contribution in [1.82, 2.24) is 9.97 Å². The molecule has 2 aromatic carbocycles. The van der Waals surface area contributed by atoms with Crippen LogP contribution in [0.5, 0.6) is 0 Å². The van der Waals surface area contributed by atoms with Gasteiger partial charge >= 0.3 is 0 Å². The quantitative estimate of drug-likeness (QED) is 0.469. The van der Waals surface area contributed by atoms with Crippen molar-refractivity contribution in [3.8, 4) is 21.8 Å². The van der Waals surface area contributed by atoms with E-state index < -0.39 is 0 Å². The van der Waals surface area contributed by atoms with Crippen LogP contribution in [-0.4, -0.2) is 15.9 Å². The highest BCUT2D eigenvalue weighted by molar-refractivity contribution is 7.16. The zero-order valence-corrected chi connectivity index (χ0v) is 16.6. The average Bonchev–Trinajstić information content (AvgIpc) is 3.30. The molecule has 0 saturated heterocycles. The molecule has 0 saturated carbocycles. The van der Waals surface area contributed by atoms with Crippen molar-refractivity contribution in [2.24, 2.45) is 0 Å². The van der Waals surface area contributed by atoms with Crippen molar-refractivity contribution in [3.05, 3.63) is 76.4 Å². The first-order chi connectivity index (χ1) is 13.6. The number of rotatable bonds is 5. The van der Waals surface area contributed by atoms with Gasteiger partial charge in [-0.15, -0.1) is 22.7 Å². The molecule has 28 heavy (non-hydrogen) atoms. The van der Waals surface area contributed by atoms with Crippen molar-refractivity contribution >= 4 is 33.7 Å². The van der Waals surface area contributed by atoms with Crippen LogP contribution < -0.4 is 5.32 Å². The van der Waals surface area contributed by atoms with Crippen LogP contribution in [-0.2, 0) is 11.2 Å². The lowest BCUT2D eigenvalue weighted by Crippen LogP contribution is -2.14. The van der Waals surface area contributed by atoms with Crippen LogP contribution in [0.25, 0.3) is 21.8 Å². The molecule has 4 aromatic rings. The molecule has 2 heterocycles. The third-order valence-corrected chi connectivity index (χ3v) is 5.90. The smallest absolute Gasteiger partial charge is 0.232 e. The van der Waals surface area contributed by atoms with Gasteiger partial charge in [0.2, 0.25) is 5.91 Å². The average molecular weight is 410 g/mol. The van der Waals surface area contributed by atoms with Gasteiger partial charge in [0.05, 0.1) is 17.8 Å². The highest BCUT2D eigenvalue weighted by atomic mass is 32.1. The molecule has 4 nitrogen and oxygen atoms in total. The molecule has 0 aliphatic carbocycles. The summed E-state index contributed by atoms with van der Waals surface area (Å²) in [6, 6.07) is 16.1. The highest BCUT2D eigenvalue weighted by Gasteiger charge is 2.14. The summed E-state index contributed by atoms with van der Waals surface area (Å²) < 4.78 is 13.1. The van der Waals surface area contributed by atoms with Gasteiger partial charge in [-0.25, -0.2) is 14.4 Å². The van der Waals surface area contributed by atoms with E-state index in [4.69, 9.17) is 0 Å². The van der Waals surface area contributed by atoms with Gasteiger partial charge in [-0.1, -0.05) is 30.3 Å². The third kappa shape index (κ3) is 4.16. The number of nitrogens with zero attached hydrogens (tertiary/aromatic N) is 2. The van der Waals surface area contributed by atoms with Crippen LogP contribution in [0.4, 0.5) is 9.52 Å². The summed E-state index contributed by atoms with van der Waals surface area (Å²) in [5.74, 6) is -0.451. The number of hydrogen-bond donors (Lipinski definition) is 1. The zero-order valence-electron chi connectivity index (χ0n) is 15.0. The topological polar surface area (TPSA) is 54.9 Å². The van der Waals surface area contributed by atoms with Crippen LogP contribution in [0, 0.1) is 12.7 Å². The highest BCUT2D eigenvalue weighted by Crippen LogP contribution is 2.30. The number of nitrogens with one attached hydrogen (secondary N) is 1. The van der Waals surface area contributed by atoms with E-state index in [0.29, 0.717) is 5.13 Å². The van der Waals surface area contributed by atoms with Crippen molar-refractivity contribution in [2.75, 3.05) is 5.32 Å². The molecule has 0 spiro atoms. The number of benzene rings is 2. The van der Waals surface area contributed by atoms with Crippen molar-refractivity contribution in [2.45, 2.75) is 13.3 Å². The number of aryl methyl sites for hydroxylation is 1. The van der Waals surface area contributed by atoms with E-state index >= 15 is 0 Å². The summed E-state index contributed by atoms with van der Waals surface area (Å²) in [5.41, 5.74) is 3.34. The SMILES string of the molecule is Cc1sc(NC(=O)Cc2csc(-c3ccccc3)n2)nc1-c1ccc(F)cc1.